The Morgan fingerprint density at radius 1 is 1.23 bits per heavy atom. The van der Waals surface area contributed by atoms with Gasteiger partial charge in [-0.1, -0.05) is 22.6 Å². The maximum atomic E-state index is 6.19. The van der Waals surface area contributed by atoms with Crippen LogP contribution in [0.15, 0.2) is 27.2 Å². The van der Waals surface area contributed by atoms with E-state index in [0.717, 1.165) is 41.3 Å². The normalized spacial score (nSPS) is 15.4. The molecule has 0 unspecified atom stereocenters. The standard InChI is InChI=1S/C17H18BrN5O2S/c1-10-3-4-13(18)14(9-10)24-12-5-7-23(8-6-12)17-21-20-16(26-17)15-19-11(2)25-22-15/h3-4,9,12H,5-8H2,1-2H3. The van der Waals surface area contributed by atoms with E-state index in [1.165, 1.54) is 16.9 Å². The largest absolute Gasteiger partial charge is 0.489 e. The first-order valence-electron chi connectivity index (χ1n) is 8.40. The first-order valence-corrected chi connectivity index (χ1v) is 10.0. The fourth-order valence-corrected chi connectivity index (χ4v) is 4.03. The molecule has 26 heavy (non-hydrogen) atoms. The molecule has 1 aromatic carbocycles. The van der Waals surface area contributed by atoms with Crippen LogP contribution in [0.25, 0.3) is 10.8 Å². The van der Waals surface area contributed by atoms with Gasteiger partial charge in [0.2, 0.25) is 16.8 Å². The average Bonchev–Trinajstić information content (AvgIpc) is 3.28. The SMILES string of the molecule is Cc1ccc(Br)c(OC2CCN(c3nnc(-c4noc(C)n4)s3)CC2)c1. The Bertz CT molecular complexity index is 904. The van der Waals surface area contributed by atoms with E-state index in [1.54, 1.807) is 6.92 Å². The third-order valence-electron chi connectivity index (χ3n) is 4.23. The number of halogens is 1. The van der Waals surface area contributed by atoms with Gasteiger partial charge in [-0.05, 0) is 40.5 Å². The van der Waals surface area contributed by atoms with Gasteiger partial charge in [0.25, 0.3) is 0 Å². The molecule has 9 heteroatoms. The zero-order valence-electron chi connectivity index (χ0n) is 14.5. The summed E-state index contributed by atoms with van der Waals surface area (Å²) in [6, 6.07) is 6.17. The number of aromatic nitrogens is 4. The molecule has 0 saturated carbocycles. The van der Waals surface area contributed by atoms with Crippen molar-refractivity contribution in [2.75, 3.05) is 18.0 Å². The number of piperidine rings is 1. The highest BCUT2D eigenvalue weighted by Crippen LogP contribution is 2.31. The van der Waals surface area contributed by atoms with Crippen LogP contribution in [-0.2, 0) is 0 Å². The van der Waals surface area contributed by atoms with Crippen LogP contribution in [0.2, 0.25) is 0 Å². The molecule has 1 aliphatic rings. The first-order chi connectivity index (χ1) is 12.6. The van der Waals surface area contributed by atoms with Crippen LogP contribution in [0.5, 0.6) is 5.75 Å². The van der Waals surface area contributed by atoms with Gasteiger partial charge in [0, 0.05) is 32.9 Å². The molecule has 0 aliphatic carbocycles. The summed E-state index contributed by atoms with van der Waals surface area (Å²) < 4.78 is 12.2. The van der Waals surface area contributed by atoms with Crippen LogP contribution in [0, 0.1) is 13.8 Å². The van der Waals surface area contributed by atoms with Gasteiger partial charge >= 0.3 is 0 Å². The second kappa shape index (κ2) is 7.32. The molecule has 1 aliphatic heterocycles. The van der Waals surface area contributed by atoms with Crippen LogP contribution >= 0.6 is 27.3 Å². The van der Waals surface area contributed by atoms with E-state index in [1.807, 2.05) is 6.07 Å². The third kappa shape index (κ3) is 3.73. The van der Waals surface area contributed by atoms with Crippen molar-refractivity contribution in [1.82, 2.24) is 20.3 Å². The maximum Gasteiger partial charge on any atom is 0.233 e. The van der Waals surface area contributed by atoms with E-state index in [0.29, 0.717) is 16.7 Å². The lowest BCUT2D eigenvalue weighted by Crippen LogP contribution is -2.38. The van der Waals surface area contributed by atoms with Crippen molar-refractivity contribution in [2.24, 2.45) is 0 Å². The lowest BCUT2D eigenvalue weighted by Gasteiger charge is -2.31. The number of hydrogen-bond acceptors (Lipinski definition) is 8. The topological polar surface area (TPSA) is 77.2 Å². The summed E-state index contributed by atoms with van der Waals surface area (Å²) in [4.78, 5) is 6.44. The highest BCUT2D eigenvalue weighted by atomic mass is 79.9. The van der Waals surface area contributed by atoms with Gasteiger partial charge in [0.05, 0.1) is 4.47 Å². The fraction of sp³-hybridized carbons (Fsp3) is 0.412. The summed E-state index contributed by atoms with van der Waals surface area (Å²) >= 11 is 5.05. The van der Waals surface area contributed by atoms with E-state index in [4.69, 9.17) is 9.26 Å². The molecule has 2 aromatic heterocycles. The molecule has 3 aromatic rings. The monoisotopic (exact) mass is 435 g/mol. The molecule has 0 amide bonds. The molecule has 0 N–H and O–H groups in total. The van der Waals surface area contributed by atoms with Gasteiger partial charge < -0.3 is 14.2 Å². The third-order valence-corrected chi connectivity index (χ3v) is 5.86. The second-order valence-electron chi connectivity index (χ2n) is 6.26. The first kappa shape index (κ1) is 17.4. The van der Waals surface area contributed by atoms with Gasteiger partial charge in [-0.15, -0.1) is 10.2 Å². The molecular formula is C17H18BrN5O2S. The molecule has 0 atom stereocenters. The number of rotatable bonds is 4. The Labute approximate surface area is 163 Å². The molecule has 3 heterocycles. The summed E-state index contributed by atoms with van der Waals surface area (Å²) in [7, 11) is 0. The van der Waals surface area contributed by atoms with Gasteiger partial charge in [-0.25, -0.2) is 0 Å². The van der Waals surface area contributed by atoms with Gasteiger partial charge in [0.1, 0.15) is 11.9 Å². The predicted molar refractivity (Wildman–Crippen MR) is 103 cm³/mol. The lowest BCUT2D eigenvalue weighted by atomic mass is 10.1. The Morgan fingerprint density at radius 2 is 2.04 bits per heavy atom. The smallest absolute Gasteiger partial charge is 0.233 e. The van der Waals surface area contributed by atoms with Crippen molar-refractivity contribution in [1.29, 1.82) is 0 Å². The second-order valence-corrected chi connectivity index (χ2v) is 8.08. The minimum absolute atomic E-state index is 0.205. The number of nitrogens with zero attached hydrogens (tertiary/aromatic N) is 5. The molecule has 136 valence electrons. The number of hydrogen-bond donors (Lipinski definition) is 0. The average molecular weight is 436 g/mol. The summed E-state index contributed by atoms with van der Waals surface area (Å²) in [5.74, 6) is 1.93. The van der Waals surface area contributed by atoms with Crippen molar-refractivity contribution < 1.29 is 9.26 Å². The number of anilines is 1. The van der Waals surface area contributed by atoms with Crippen LogP contribution in [0.1, 0.15) is 24.3 Å². The minimum atomic E-state index is 0.205. The molecule has 1 fully saturated rings. The molecule has 0 radical (unpaired) electrons. The summed E-state index contributed by atoms with van der Waals surface area (Å²) in [6.07, 6.45) is 2.09. The zero-order chi connectivity index (χ0) is 18.1. The van der Waals surface area contributed by atoms with E-state index in [-0.39, 0.29) is 6.10 Å². The maximum absolute atomic E-state index is 6.19. The Morgan fingerprint density at radius 3 is 2.77 bits per heavy atom. The van der Waals surface area contributed by atoms with E-state index in [9.17, 15) is 0 Å². The molecule has 1 saturated heterocycles. The predicted octanol–water partition coefficient (Wildman–Crippen LogP) is 4.02. The van der Waals surface area contributed by atoms with Crippen LogP contribution in [-0.4, -0.2) is 39.5 Å². The Hall–Kier alpha value is -2.00. The molecule has 0 bridgehead atoms. The van der Waals surface area contributed by atoms with Gasteiger partial charge in [0.15, 0.2) is 5.01 Å². The number of ether oxygens (including phenoxy) is 1. The van der Waals surface area contributed by atoms with Crippen LogP contribution in [0.3, 0.4) is 0 Å². The van der Waals surface area contributed by atoms with Gasteiger partial charge in [-0.2, -0.15) is 4.98 Å². The summed E-state index contributed by atoms with van der Waals surface area (Å²) in [6.45, 7) is 5.60. The van der Waals surface area contributed by atoms with Crippen molar-refractivity contribution in [3.63, 3.8) is 0 Å². The molecule has 4 rings (SSSR count). The van der Waals surface area contributed by atoms with Crippen LogP contribution < -0.4 is 9.64 Å². The zero-order valence-corrected chi connectivity index (χ0v) is 16.9. The van der Waals surface area contributed by atoms with Crippen LogP contribution in [0.4, 0.5) is 5.13 Å². The lowest BCUT2D eigenvalue weighted by molar-refractivity contribution is 0.169. The fourth-order valence-electron chi connectivity index (χ4n) is 2.87. The van der Waals surface area contributed by atoms with Crippen molar-refractivity contribution in [3.05, 3.63) is 34.1 Å². The quantitative estimate of drug-likeness (QED) is 0.612. The Balaban J connectivity index is 1.38. The van der Waals surface area contributed by atoms with Gasteiger partial charge in [-0.3, -0.25) is 0 Å². The molecule has 0 spiro atoms. The molecular weight excluding hydrogens is 418 g/mol. The highest BCUT2D eigenvalue weighted by molar-refractivity contribution is 9.10. The van der Waals surface area contributed by atoms with E-state index in [2.05, 4.69) is 60.2 Å². The highest BCUT2D eigenvalue weighted by Gasteiger charge is 2.24. The van der Waals surface area contributed by atoms with Crippen molar-refractivity contribution >= 4 is 32.4 Å². The number of benzene rings is 1. The summed E-state index contributed by atoms with van der Waals surface area (Å²) in [5, 5.41) is 13.9. The minimum Gasteiger partial charge on any atom is -0.489 e. The van der Waals surface area contributed by atoms with E-state index < -0.39 is 0 Å². The summed E-state index contributed by atoms with van der Waals surface area (Å²) in [5.41, 5.74) is 1.19. The molecule has 7 nitrogen and oxygen atoms in total. The van der Waals surface area contributed by atoms with E-state index >= 15 is 0 Å². The number of aryl methyl sites for hydroxylation is 2. The van der Waals surface area contributed by atoms with Crippen molar-refractivity contribution in [3.8, 4) is 16.6 Å². The van der Waals surface area contributed by atoms with Crippen molar-refractivity contribution in [2.45, 2.75) is 32.8 Å². The Kier molecular flexibility index (Phi) is 4.90.